The van der Waals surface area contributed by atoms with Crippen molar-refractivity contribution in [2.45, 2.75) is 99.0 Å². The highest BCUT2D eigenvalue weighted by atomic mass is 16.6. The van der Waals surface area contributed by atoms with Gasteiger partial charge in [0.25, 0.3) is 0 Å². The van der Waals surface area contributed by atoms with Crippen LogP contribution < -0.4 is 10.6 Å². The average molecular weight is 524 g/mol. The van der Waals surface area contributed by atoms with Gasteiger partial charge in [0.15, 0.2) is 0 Å². The number of carbonyl (C=O) groups excluding carboxylic acids is 3. The molecule has 0 bridgehead atoms. The molecule has 208 valence electrons. The van der Waals surface area contributed by atoms with Crippen molar-refractivity contribution < 1.29 is 19.1 Å². The minimum atomic E-state index is -0.874. The van der Waals surface area contributed by atoms with Crippen molar-refractivity contribution in [1.29, 1.82) is 0 Å². The lowest BCUT2D eigenvalue weighted by atomic mass is 9.96. The minimum absolute atomic E-state index is 0.125. The van der Waals surface area contributed by atoms with Crippen molar-refractivity contribution in [3.8, 4) is 0 Å². The minimum Gasteiger partial charge on any atom is -0.444 e. The highest BCUT2D eigenvalue weighted by Gasteiger charge is 2.38. The Labute approximate surface area is 228 Å². The molecule has 0 saturated carbocycles. The Balaban J connectivity index is 2.48. The van der Waals surface area contributed by atoms with Crippen molar-refractivity contribution in [2.75, 3.05) is 0 Å². The van der Waals surface area contributed by atoms with Gasteiger partial charge >= 0.3 is 6.09 Å². The molecule has 2 aromatic carbocycles. The van der Waals surface area contributed by atoms with Crippen LogP contribution in [0.3, 0.4) is 0 Å². The summed E-state index contributed by atoms with van der Waals surface area (Å²) in [6.07, 6.45) is -0.247. The third-order valence-corrected chi connectivity index (χ3v) is 6.19. The number of rotatable bonds is 10. The quantitative estimate of drug-likeness (QED) is 0.410. The van der Waals surface area contributed by atoms with E-state index in [2.05, 4.69) is 10.6 Å². The van der Waals surface area contributed by atoms with Gasteiger partial charge in [0.2, 0.25) is 11.8 Å². The molecule has 2 atom stereocenters. The summed E-state index contributed by atoms with van der Waals surface area (Å²) >= 11 is 0. The van der Waals surface area contributed by atoms with Gasteiger partial charge in [0, 0.05) is 12.6 Å². The molecule has 0 spiro atoms. The molecule has 7 nitrogen and oxygen atoms in total. The second-order valence-electron chi connectivity index (χ2n) is 11.6. The van der Waals surface area contributed by atoms with Crippen LogP contribution in [0.4, 0.5) is 4.79 Å². The lowest BCUT2D eigenvalue weighted by Crippen LogP contribution is -2.55. The second-order valence-corrected chi connectivity index (χ2v) is 11.6. The number of nitrogens with one attached hydrogen (secondary N) is 2. The predicted molar refractivity (Wildman–Crippen MR) is 152 cm³/mol. The topological polar surface area (TPSA) is 87.7 Å². The van der Waals surface area contributed by atoms with E-state index in [-0.39, 0.29) is 23.8 Å². The Kier molecular flexibility index (Phi) is 10.9. The summed E-state index contributed by atoms with van der Waals surface area (Å²) in [5, 5.41) is 5.81. The molecule has 0 heterocycles. The molecular formula is C31H45N3O4. The summed E-state index contributed by atoms with van der Waals surface area (Å²) in [6.45, 7) is 17.4. The van der Waals surface area contributed by atoms with Gasteiger partial charge in [0.1, 0.15) is 17.7 Å². The molecule has 0 aliphatic carbocycles. The second kappa shape index (κ2) is 13.4. The van der Waals surface area contributed by atoms with Crippen LogP contribution in [-0.2, 0) is 20.9 Å². The number of aryl methyl sites for hydroxylation is 2. The molecule has 0 saturated heterocycles. The van der Waals surface area contributed by atoms with E-state index in [4.69, 9.17) is 4.74 Å². The number of alkyl carbamates (subject to hydrolysis) is 1. The summed E-state index contributed by atoms with van der Waals surface area (Å²) in [5.74, 6) is -0.475. The van der Waals surface area contributed by atoms with Gasteiger partial charge in [-0.3, -0.25) is 9.59 Å². The molecule has 3 amide bonds. The van der Waals surface area contributed by atoms with Gasteiger partial charge in [0.05, 0.1) is 0 Å². The molecule has 0 aliphatic rings. The van der Waals surface area contributed by atoms with Crippen LogP contribution in [0.15, 0.2) is 48.5 Å². The van der Waals surface area contributed by atoms with E-state index in [1.807, 2.05) is 90.1 Å². The molecule has 0 fully saturated rings. The number of hydrogen-bond acceptors (Lipinski definition) is 4. The fourth-order valence-electron chi connectivity index (χ4n) is 4.26. The van der Waals surface area contributed by atoms with E-state index in [0.717, 1.165) is 22.3 Å². The first-order valence-electron chi connectivity index (χ1n) is 13.4. The predicted octanol–water partition coefficient (Wildman–Crippen LogP) is 5.84. The first kappa shape index (κ1) is 30.9. The van der Waals surface area contributed by atoms with E-state index in [0.29, 0.717) is 13.0 Å². The molecule has 2 N–H and O–H groups in total. The largest absolute Gasteiger partial charge is 0.444 e. The maximum absolute atomic E-state index is 14.1. The van der Waals surface area contributed by atoms with Gasteiger partial charge in [-0.2, -0.15) is 0 Å². The number of benzene rings is 2. The summed E-state index contributed by atoms with van der Waals surface area (Å²) in [4.78, 5) is 42.2. The standard InChI is InChI=1S/C31H45N3O4/c1-20(2)17-26(33-30(37)38-31(7,8)9)29(36)34(21(3)4)27(25-16-15-22(5)23(6)18-25)28(35)32-19-24-13-11-10-12-14-24/h10-16,18,20-21,26-27H,17,19H2,1-9H3,(H,32,35)(H,33,37). The van der Waals surface area contributed by atoms with Crippen LogP contribution in [0.5, 0.6) is 0 Å². The Morgan fingerprint density at radius 3 is 2.08 bits per heavy atom. The highest BCUT2D eigenvalue weighted by molar-refractivity contribution is 5.92. The third kappa shape index (κ3) is 9.19. The zero-order valence-electron chi connectivity index (χ0n) is 24.4. The van der Waals surface area contributed by atoms with Crippen LogP contribution in [-0.4, -0.2) is 40.5 Å². The molecule has 0 aromatic heterocycles. The van der Waals surface area contributed by atoms with Gasteiger partial charge in [-0.1, -0.05) is 62.4 Å². The van der Waals surface area contributed by atoms with Crippen molar-refractivity contribution >= 4 is 17.9 Å². The van der Waals surface area contributed by atoms with Gasteiger partial charge < -0.3 is 20.3 Å². The van der Waals surface area contributed by atoms with Gasteiger partial charge in [-0.15, -0.1) is 0 Å². The fraction of sp³-hybridized carbons (Fsp3) is 0.516. The number of carbonyl (C=O) groups is 3. The molecule has 7 heteroatoms. The van der Waals surface area contributed by atoms with Crippen LogP contribution in [0, 0.1) is 19.8 Å². The maximum atomic E-state index is 14.1. The lowest BCUT2D eigenvalue weighted by Gasteiger charge is -2.37. The summed E-state index contributed by atoms with van der Waals surface area (Å²) < 4.78 is 5.45. The molecule has 38 heavy (non-hydrogen) atoms. The average Bonchev–Trinajstić information content (AvgIpc) is 2.81. The van der Waals surface area contributed by atoms with Gasteiger partial charge in [-0.25, -0.2) is 4.79 Å². The van der Waals surface area contributed by atoms with E-state index in [1.165, 1.54) is 0 Å². The number of nitrogens with zero attached hydrogens (tertiary/aromatic N) is 1. The monoisotopic (exact) mass is 523 g/mol. The Morgan fingerprint density at radius 1 is 0.921 bits per heavy atom. The summed E-state index contributed by atoms with van der Waals surface area (Å²) in [5.41, 5.74) is 3.12. The Morgan fingerprint density at radius 2 is 1.55 bits per heavy atom. The first-order valence-corrected chi connectivity index (χ1v) is 13.4. The van der Waals surface area contributed by atoms with E-state index < -0.39 is 23.8 Å². The van der Waals surface area contributed by atoms with E-state index in [1.54, 1.807) is 25.7 Å². The first-order chi connectivity index (χ1) is 17.7. The molecule has 0 radical (unpaired) electrons. The zero-order chi connectivity index (χ0) is 28.6. The number of hydrogen-bond donors (Lipinski definition) is 2. The number of ether oxygens (including phenoxy) is 1. The Bertz CT molecular complexity index is 1090. The fourth-order valence-corrected chi connectivity index (χ4v) is 4.26. The normalized spacial score (nSPS) is 13.1. The van der Waals surface area contributed by atoms with Crippen LogP contribution in [0.1, 0.15) is 83.2 Å². The Hall–Kier alpha value is -3.35. The number of amides is 3. The van der Waals surface area contributed by atoms with E-state index in [9.17, 15) is 14.4 Å². The zero-order valence-corrected chi connectivity index (χ0v) is 24.4. The molecule has 0 aliphatic heterocycles. The lowest BCUT2D eigenvalue weighted by molar-refractivity contribution is -0.145. The van der Waals surface area contributed by atoms with Crippen molar-refractivity contribution in [3.05, 3.63) is 70.8 Å². The van der Waals surface area contributed by atoms with Crippen LogP contribution >= 0.6 is 0 Å². The summed E-state index contributed by atoms with van der Waals surface area (Å²) in [7, 11) is 0. The molecule has 2 unspecified atom stereocenters. The maximum Gasteiger partial charge on any atom is 0.408 e. The van der Waals surface area contributed by atoms with E-state index >= 15 is 0 Å². The van der Waals surface area contributed by atoms with Crippen LogP contribution in [0.2, 0.25) is 0 Å². The van der Waals surface area contributed by atoms with Crippen LogP contribution in [0.25, 0.3) is 0 Å². The highest BCUT2D eigenvalue weighted by Crippen LogP contribution is 2.28. The SMILES string of the molecule is Cc1ccc(C(C(=O)NCc2ccccc2)N(C(=O)C(CC(C)C)NC(=O)OC(C)(C)C)C(C)C)cc1C. The summed E-state index contributed by atoms with van der Waals surface area (Å²) in [6, 6.07) is 13.5. The van der Waals surface area contributed by atoms with Gasteiger partial charge in [-0.05, 0) is 83.1 Å². The molecular weight excluding hydrogens is 478 g/mol. The third-order valence-electron chi connectivity index (χ3n) is 6.19. The smallest absolute Gasteiger partial charge is 0.408 e. The van der Waals surface area contributed by atoms with Crippen molar-refractivity contribution in [2.24, 2.45) is 5.92 Å². The van der Waals surface area contributed by atoms with Crippen molar-refractivity contribution in [3.63, 3.8) is 0 Å². The molecule has 2 aromatic rings. The molecule has 2 rings (SSSR count). The van der Waals surface area contributed by atoms with Crippen molar-refractivity contribution in [1.82, 2.24) is 15.5 Å².